The number of carbonyl (C=O) groups excluding carboxylic acids is 4. The van der Waals surface area contributed by atoms with Crippen molar-refractivity contribution in [3.8, 4) is 23.0 Å². The Kier molecular flexibility index (Phi) is 12.0. The topological polar surface area (TPSA) is 130 Å². The van der Waals surface area contributed by atoms with Crippen LogP contribution in [0.25, 0.3) is 0 Å². The molecule has 0 saturated carbocycles. The third kappa shape index (κ3) is 8.38. The van der Waals surface area contributed by atoms with Crippen molar-refractivity contribution in [2.24, 2.45) is 0 Å². The Bertz CT molecular complexity index is 1450. The summed E-state index contributed by atoms with van der Waals surface area (Å²) in [5.74, 6) is -0.611. The second-order valence-electron chi connectivity index (χ2n) is 10.8. The van der Waals surface area contributed by atoms with Crippen molar-refractivity contribution in [1.82, 2.24) is 9.80 Å². The first-order chi connectivity index (χ1) is 22.2. The molecule has 0 radical (unpaired) electrons. The minimum Gasteiger partial charge on any atom is -0.493 e. The lowest BCUT2D eigenvalue weighted by Crippen LogP contribution is -2.26. The third-order valence-electron chi connectivity index (χ3n) is 7.71. The summed E-state index contributed by atoms with van der Waals surface area (Å²) in [5, 5.41) is 0. The van der Waals surface area contributed by atoms with E-state index in [-0.39, 0.29) is 88.5 Å². The smallest absolute Gasteiger partial charge is 0.306 e. The maximum absolute atomic E-state index is 15.6. The van der Waals surface area contributed by atoms with Crippen LogP contribution >= 0.6 is 0 Å². The summed E-state index contributed by atoms with van der Waals surface area (Å²) in [5.41, 5.74) is 2.84. The summed E-state index contributed by atoms with van der Waals surface area (Å²) < 4.78 is 48.0. The largest absolute Gasteiger partial charge is 0.493 e. The summed E-state index contributed by atoms with van der Waals surface area (Å²) in [6.07, 6.45) is 0.484. The molecule has 4 rings (SSSR count). The van der Waals surface area contributed by atoms with Gasteiger partial charge in [-0.1, -0.05) is 0 Å². The maximum atomic E-state index is 15.6. The zero-order valence-corrected chi connectivity index (χ0v) is 26.8. The molecule has 0 aromatic heterocycles. The van der Waals surface area contributed by atoms with E-state index in [1.807, 2.05) is 12.1 Å². The molecule has 2 amide bonds. The second-order valence-corrected chi connectivity index (χ2v) is 10.8. The van der Waals surface area contributed by atoms with E-state index in [2.05, 4.69) is 0 Å². The lowest BCUT2D eigenvalue weighted by Gasteiger charge is -2.15. The van der Waals surface area contributed by atoms with Crippen LogP contribution < -0.4 is 18.9 Å². The number of ether oxygens (including phenoxy) is 6. The average molecular weight is 645 g/mol. The molecule has 2 aromatic carbocycles. The second kappa shape index (κ2) is 16.1. The van der Waals surface area contributed by atoms with Crippen molar-refractivity contribution in [3.05, 3.63) is 46.3 Å². The molecule has 12 nitrogen and oxygen atoms in total. The number of nitrogens with zero attached hydrogens (tertiary/aromatic N) is 2. The van der Waals surface area contributed by atoms with Crippen LogP contribution in [0.4, 0.5) is 4.39 Å². The first-order valence-corrected chi connectivity index (χ1v) is 15.4. The number of halogens is 1. The van der Waals surface area contributed by atoms with Crippen molar-refractivity contribution in [3.63, 3.8) is 0 Å². The molecule has 0 aliphatic carbocycles. The molecule has 0 fully saturated rings. The Morgan fingerprint density at radius 1 is 0.674 bits per heavy atom. The first-order valence-electron chi connectivity index (χ1n) is 15.4. The number of esters is 2. The lowest BCUT2D eigenvalue weighted by atomic mass is 10.1. The van der Waals surface area contributed by atoms with Crippen molar-refractivity contribution < 1.29 is 52.0 Å². The van der Waals surface area contributed by atoms with Crippen LogP contribution in [0.15, 0.2) is 18.2 Å². The normalized spacial score (nSPS) is 13.2. The zero-order chi connectivity index (χ0) is 33.2. The molecule has 0 saturated heterocycles. The highest BCUT2D eigenvalue weighted by molar-refractivity contribution is 5.82. The summed E-state index contributed by atoms with van der Waals surface area (Å²) in [6.45, 7) is 5.40. The van der Waals surface area contributed by atoms with Crippen LogP contribution in [0.1, 0.15) is 68.2 Å². The highest BCUT2D eigenvalue weighted by Gasteiger charge is 2.30. The van der Waals surface area contributed by atoms with Crippen molar-refractivity contribution in [2.75, 3.05) is 40.6 Å². The molecular weight excluding hydrogens is 603 g/mol. The fraction of sp³-hybridized carbons (Fsp3) is 0.515. The molecule has 250 valence electrons. The number of methoxy groups -OCH3 is 2. The van der Waals surface area contributed by atoms with Crippen LogP contribution in [0, 0.1) is 5.82 Å². The number of hydrogen-bond donors (Lipinski definition) is 0. The van der Waals surface area contributed by atoms with E-state index in [0.29, 0.717) is 42.1 Å². The monoisotopic (exact) mass is 644 g/mol. The van der Waals surface area contributed by atoms with Crippen LogP contribution in [-0.2, 0) is 54.8 Å². The quantitative estimate of drug-likeness (QED) is 0.195. The Hall–Kier alpha value is -4.55. The number of fused-ring (bicyclic) bond motifs is 2. The summed E-state index contributed by atoms with van der Waals surface area (Å²) in [4.78, 5) is 51.7. The van der Waals surface area contributed by atoms with Gasteiger partial charge in [-0.15, -0.1) is 0 Å². The van der Waals surface area contributed by atoms with E-state index in [9.17, 15) is 19.2 Å². The fourth-order valence-electron chi connectivity index (χ4n) is 5.39. The zero-order valence-electron chi connectivity index (χ0n) is 26.8. The van der Waals surface area contributed by atoms with E-state index < -0.39 is 17.8 Å². The van der Waals surface area contributed by atoms with Gasteiger partial charge in [-0.3, -0.25) is 19.2 Å². The minimum atomic E-state index is -0.586. The van der Waals surface area contributed by atoms with E-state index in [1.165, 1.54) is 19.1 Å². The number of carbonyl (C=O) groups is 4. The standard InChI is InChI=1S/C33H41FN2O10/c1-5-43-30(39)10-8-28(37)35-17-21-14-25(41-3)26(15-22(21)18-35)45-12-7-13-46-33-27(42-4)16-23-19-36(20-24(23)32(33)34)29(38)9-11-31(40)44-6-2/h14-16H,5-13,17-20H2,1-4H3. The van der Waals surface area contributed by atoms with Crippen LogP contribution in [-0.4, -0.2) is 74.2 Å². The van der Waals surface area contributed by atoms with Crippen molar-refractivity contribution in [2.45, 2.75) is 72.1 Å². The Morgan fingerprint density at radius 2 is 1.17 bits per heavy atom. The van der Waals surface area contributed by atoms with Gasteiger partial charge in [0.15, 0.2) is 28.8 Å². The van der Waals surface area contributed by atoms with E-state index in [0.717, 1.165) is 11.1 Å². The van der Waals surface area contributed by atoms with Gasteiger partial charge in [-0.05, 0) is 48.7 Å². The van der Waals surface area contributed by atoms with Crippen molar-refractivity contribution >= 4 is 23.8 Å². The molecule has 2 aliphatic heterocycles. The molecule has 0 unspecified atom stereocenters. The molecule has 13 heteroatoms. The van der Waals surface area contributed by atoms with E-state index >= 15 is 4.39 Å². The maximum Gasteiger partial charge on any atom is 0.306 e. The van der Waals surface area contributed by atoms with Gasteiger partial charge in [0.2, 0.25) is 11.8 Å². The van der Waals surface area contributed by atoms with Gasteiger partial charge in [-0.25, -0.2) is 4.39 Å². The predicted octanol–water partition coefficient (Wildman–Crippen LogP) is 4.06. The molecule has 0 spiro atoms. The van der Waals surface area contributed by atoms with Crippen LogP contribution in [0.3, 0.4) is 0 Å². The summed E-state index contributed by atoms with van der Waals surface area (Å²) >= 11 is 0. The molecule has 0 N–H and O–H groups in total. The Labute approximate surface area is 267 Å². The lowest BCUT2D eigenvalue weighted by molar-refractivity contribution is -0.146. The number of amides is 2. The Balaban J connectivity index is 1.29. The Morgan fingerprint density at radius 3 is 1.74 bits per heavy atom. The molecule has 0 atom stereocenters. The van der Waals surface area contributed by atoms with Gasteiger partial charge in [-0.2, -0.15) is 0 Å². The van der Waals surface area contributed by atoms with Gasteiger partial charge in [0.1, 0.15) is 0 Å². The summed E-state index contributed by atoms with van der Waals surface area (Å²) in [6, 6.07) is 5.36. The van der Waals surface area contributed by atoms with Gasteiger partial charge >= 0.3 is 11.9 Å². The van der Waals surface area contributed by atoms with E-state index in [4.69, 9.17) is 28.4 Å². The van der Waals surface area contributed by atoms with Gasteiger partial charge < -0.3 is 38.2 Å². The molecule has 2 aromatic rings. The molecule has 2 heterocycles. The van der Waals surface area contributed by atoms with Gasteiger partial charge in [0, 0.05) is 51.0 Å². The summed E-state index contributed by atoms with van der Waals surface area (Å²) in [7, 11) is 2.95. The molecule has 2 aliphatic rings. The number of benzene rings is 2. The molecule has 46 heavy (non-hydrogen) atoms. The predicted molar refractivity (Wildman–Crippen MR) is 162 cm³/mol. The number of rotatable bonds is 16. The highest BCUT2D eigenvalue weighted by Crippen LogP contribution is 2.39. The highest BCUT2D eigenvalue weighted by atomic mass is 19.1. The average Bonchev–Trinajstić information content (AvgIpc) is 3.67. The minimum absolute atomic E-state index is 0.0164. The van der Waals surface area contributed by atoms with Crippen LogP contribution in [0.2, 0.25) is 0 Å². The van der Waals surface area contributed by atoms with E-state index in [1.54, 1.807) is 24.8 Å². The fourth-order valence-corrected chi connectivity index (χ4v) is 5.39. The number of hydrogen-bond acceptors (Lipinski definition) is 10. The van der Waals surface area contributed by atoms with Crippen LogP contribution in [0.5, 0.6) is 23.0 Å². The SMILES string of the molecule is CCOC(=O)CCC(=O)N1Cc2cc(OC)c(OCCCOc3c(OC)cc4c(c3F)CN(C(=O)CCC(=O)OCC)C4)cc2C1. The third-order valence-corrected chi connectivity index (χ3v) is 7.71. The molecular formula is C33H41FN2O10. The van der Waals surface area contributed by atoms with Gasteiger partial charge in [0.25, 0.3) is 0 Å². The first kappa shape index (κ1) is 34.3. The molecule has 0 bridgehead atoms. The van der Waals surface area contributed by atoms with Gasteiger partial charge in [0.05, 0.1) is 53.5 Å². The van der Waals surface area contributed by atoms with Crippen molar-refractivity contribution in [1.29, 1.82) is 0 Å².